The van der Waals surface area contributed by atoms with Crippen molar-refractivity contribution >= 4 is 39.5 Å². The Morgan fingerprint density at radius 2 is 0.510 bits per heavy atom. The second-order valence-corrected chi connectivity index (χ2v) is 33.3. The second kappa shape index (κ2) is 71.3. The summed E-state index contributed by atoms with van der Waals surface area (Å²) in [5, 5.41) is 10.6. The molecule has 3 unspecified atom stereocenters. The fourth-order valence-corrected chi connectivity index (χ4v) is 14.0. The molecule has 17 nitrogen and oxygen atoms in total. The first-order chi connectivity index (χ1) is 48.3. The zero-order chi connectivity index (χ0) is 73.7. The largest absolute Gasteiger partial charge is 0.472 e. The first-order valence-corrected chi connectivity index (χ1v) is 44.9. The van der Waals surface area contributed by atoms with Crippen molar-refractivity contribution in [1.29, 1.82) is 0 Å². The van der Waals surface area contributed by atoms with Crippen LogP contribution in [0.25, 0.3) is 0 Å². The highest BCUT2D eigenvalue weighted by Gasteiger charge is 2.30. The molecule has 0 aliphatic carbocycles. The molecule has 0 aromatic rings. The van der Waals surface area contributed by atoms with Crippen LogP contribution in [0.2, 0.25) is 0 Å². The molecule has 0 amide bonds. The van der Waals surface area contributed by atoms with E-state index in [4.69, 9.17) is 37.0 Å². The number of hydrogen-bond donors (Lipinski definition) is 3. The van der Waals surface area contributed by atoms with Crippen molar-refractivity contribution in [2.24, 2.45) is 17.8 Å². The average Bonchev–Trinajstić information content (AvgIpc) is 0.978. The van der Waals surface area contributed by atoms with Crippen LogP contribution in [0.15, 0.2) is 0 Å². The number of phosphoric ester groups is 2. The van der Waals surface area contributed by atoms with E-state index in [0.29, 0.717) is 25.7 Å². The topological polar surface area (TPSA) is 237 Å². The predicted octanol–water partition coefficient (Wildman–Crippen LogP) is 24.1. The van der Waals surface area contributed by atoms with Crippen molar-refractivity contribution < 1.29 is 80.2 Å². The summed E-state index contributed by atoms with van der Waals surface area (Å²) in [4.78, 5) is 73.0. The monoisotopic (exact) mass is 1470 g/mol. The highest BCUT2D eigenvalue weighted by Crippen LogP contribution is 2.45. The van der Waals surface area contributed by atoms with Crippen molar-refractivity contribution in [1.82, 2.24) is 0 Å². The number of aliphatic hydroxyl groups excluding tert-OH is 1. The Bertz CT molecular complexity index is 1940. The van der Waals surface area contributed by atoms with Gasteiger partial charge in [-0.3, -0.25) is 37.3 Å². The van der Waals surface area contributed by atoms with Crippen LogP contribution in [-0.4, -0.2) is 96.7 Å². The van der Waals surface area contributed by atoms with E-state index in [-0.39, 0.29) is 25.7 Å². The van der Waals surface area contributed by atoms with Crippen molar-refractivity contribution in [2.75, 3.05) is 39.6 Å². The Hall–Kier alpha value is -1.94. The van der Waals surface area contributed by atoms with Gasteiger partial charge in [0.25, 0.3) is 0 Å². The minimum atomic E-state index is -4.96. The number of esters is 4. The van der Waals surface area contributed by atoms with E-state index in [1.54, 1.807) is 0 Å². The number of hydrogen-bond acceptors (Lipinski definition) is 15. The molecular weight excluding hydrogens is 1310 g/mol. The van der Waals surface area contributed by atoms with Gasteiger partial charge in [0.05, 0.1) is 26.4 Å². The van der Waals surface area contributed by atoms with Crippen molar-refractivity contribution in [3.63, 3.8) is 0 Å². The van der Waals surface area contributed by atoms with Gasteiger partial charge in [0, 0.05) is 25.7 Å². The SMILES string of the molecule is CCCCCCCCCCCCCCCCCCCCCC(=O)OC[C@H](COP(=O)(O)OC[C@@H](O)COP(=O)(O)OC[C@@H](COC(=O)CCCCCCCCC(C)CC)OC(=O)CCCCCCCCCCCC(C)C)OC(=O)CCCCCCCCCCCCCCCCCCC(C)C. The molecule has 0 rings (SSSR count). The maximum Gasteiger partial charge on any atom is 0.472 e. The van der Waals surface area contributed by atoms with Crippen LogP contribution in [0, 0.1) is 17.8 Å². The fraction of sp³-hybridized carbons (Fsp3) is 0.951. The Morgan fingerprint density at radius 1 is 0.290 bits per heavy atom. The normalized spacial score (nSPS) is 14.2. The maximum absolute atomic E-state index is 13.1. The Kier molecular flexibility index (Phi) is 69.9. The molecule has 0 aromatic carbocycles. The number of carbonyl (C=O) groups excluding carboxylic acids is 4. The Morgan fingerprint density at radius 3 is 0.760 bits per heavy atom. The number of rotatable bonds is 79. The van der Waals surface area contributed by atoms with Gasteiger partial charge in [-0.1, -0.05) is 370 Å². The van der Waals surface area contributed by atoms with E-state index in [0.717, 1.165) is 114 Å². The molecule has 6 atom stereocenters. The van der Waals surface area contributed by atoms with E-state index < -0.39 is 97.5 Å². The molecule has 0 radical (unpaired) electrons. The lowest BCUT2D eigenvalue weighted by molar-refractivity contribution is -0.161. The minimum Gasteiger partial charge on any atom is -0.462 e. The summed E-state index contributed by atoms with van der Waals surface area (Å²) in [7, 11) is -9.92. The van der Waals surface area contributed by atoms with Crippen LogP contribution in [0.3, 0.4) is 0 Å². The number of ether oxygens (including phenoxy) is 4. The summed E-state index contributed by atoms with van der Waals surface area (Å²) < 4.78 is 68.7. The van der Waals surface area contributed by atoms with Crippen LogP contribution in [0.1, 0.15) is 421 Å². The molecule has 0 aliphatic heterocycles. The summed E-state index contributed by atoms with van der Waals surface area (Å²) >= 11 is 0. The molecule has 0 saturated heterocycles. The molecule has 0 aromatic heterocycles. The van der Waals surface area contributed by atoms with Gasteiger partial charge in [-0.05, 0) is 43.4 Å². The Balaban J connectivity index is 5.23. The van der Waals surface area contributed by atoms with Crippen LogP contribution in [0.5, 0.6) is 0 Å². The molecule has 0 fully saturated rings. The van der Waals surface area contributed by atoms with E-state index in [2.05, 4.69) is 48.5 Å². The lowest BCUT2D eigenvalue weighted by Gasteiger charge is -2.21. The highest BCUT2D eigenvalue weighted by atomic mass is 31.2. The molecule has 3 N–H and O–H groups in total. The lowest BCUT2D eigenvalue weighted by atomic mass is 10.00. The standard InChI is InChI=1S/C81H158O17P2/c1-8-10-11-12-13-14-15-16-17-18-19-20-24-27-30-35-40-48-55-62-78(83)91-68-76(97-80(85)64-57-50-41-36-31-28-25-22-21-23-26-29-33-38-45-52-59-72(3)4)70-95-99(87,88)93-66-75(82)67-94-100(89,90)96-71-77(69-92-79(84)63-56-49-44-43-47-54-61-74(7)9-2)98-81(86)65-58-51-42-37-32-34-39-46-53-60-73(5)6/h72-77,82H,8-71H2,1-7H3,(H,87,88)(H,89,90)/t74?,75-,76-,77-/m1/s1. The van der Waals surface area contributed by atoms with E-state index in [1.807, 2.05) is 0 Å². The summed E-state index contributed by atoms with van der Waals surface area (Å²) in [6.07, 6.45) is 59.8. The first kappa shape index (κ1) is 98.1. The molecule has 0 heterocycles. The van der Waals surface area contributed by atoms with Crippen LogP contribution in [-0.2, 0) is 65.4 Å². The third-order valence-electron chi connectivity index (χ3n) is 19.2. The molecule has 0 bridgehead atoms. The van der Waals surface area contributed by atoms with Gasteiger partial charge in [-0.15, -0.1) is 0 Å². The maximum atomic E-state index is 13.1. The van der Waals surface area contributed by atoms with Crippen molar-refractivity contribution in [3.05, 3.63) is 0 Å². The number of unbranched alkanes of at least 4 members (excludes halogenated alkanes) is 46. The first-order valence-electron chi connectivity index (χ1n) is 41.9. The van der Waals surface area contributed by atoms with Gasteiger partial charge in [0.1, 0.15) is 19.3 Å². The summed E-state index contributed by atoms with van der Waals surface area (Å²) in [6, 6.07) is 0. The van der Waals surface area contributed by atoms with E-state index in [9.17, 15) is 43.2 Å². The van der Waals surface area contributed by atoms with Gasteiger partial charge < -0.3 is 33.8 Å². The highest BCUT2D eigenvalue weighted by molar-refractivity contribution is 7.47. The Labute approximate surface area is 613 Å². The second-order valence-electron chi connectivity index (χ2n) is 30.4. The van der Waals surface area contributed by atoms with E-state index >= 15 is 0 Å². The predicted molar refractivity (Wildman–Crippen MR) is 409 cm³/mol. The van der Waals surface area contributed by atoms with Crippen molar-refractivity contribution in [2.45, 2.75) is 439 Å². The number of aliphatic hydroxyl groups is 1. The van der Waals surface area contributed by atoms with Gasteiger partial charge in [-0.25, -0.2) is 9.13 Å². The summed E-state index contributed by atoms with van der Waals surface area (Å²) in [6.45, 7) is 11.9. The molecular formula is C81H158O17P2. The molecule has 0 aliphatic rings. The molecule has 594 valence electrons. The lowest BCUT2D eigenvalue weighted by Crippen LogP contribution is -2.30. The number of phosphoric acid groups is 2. The average molecular weight is 1470 g/mol. The quantitative estimate of drug-likeness (QED) is 0.0222. The van der Waals surface area contributed by atoms with Gasteiger partial charge in [0.15, 0.2) is 12.2 Å². The molecule has 0 saturated carbocycles. The van der Waals surface area contributed by atoms with E-state index in [1.165, 1.54) is 225 Å². The third kappa shape index (κ3) is 73.0. The molecule has 100 heavy (non-hydrogen) atoms. The minimum absolute atomic E-state index is 0.104. The fourth-order valence-electron chi connectivity index (χ4n) is 12.5. The number of carbonyl (C=O) groups is 4. The summed E-state index contributed by atoms with van der Waals surface area (Å²) in [5.41, 5.74) is 0. The third-order valence-corrected chi connectivity index (χ3v) is 21.1. The smallest absolute Gasteiger partial charge is 0.462 e. The van der Waals surface area contributed by atoms with Crippen molar-refractivity contribution in [3.8, 4) is 0 Å². The van der Waals surface area contributed by atoms with Gasteiger partial charge in [-0.2, -0.15) is 0 Å². The molecule has 19 heteroatoms. The molecule has 0 spiro atoms. The zero-order valence-corrected chi connectivity index (χ0v) is 67.5. The van der Waals surface area contributed by atoms with Crippen LogP contribution >= 0.6 is 15.6 Å². The van der Waals surface area contributed by atoms with Crippen LogP contribution < -0.4 is 0 Å². The summed E-state index contributed by atoms with van der Waals surface area (Å²) in [5.74, 6) is 0.163. The zero-order valence-electron chi connectivity index (χ0n) is 65.7. The van der Waals surface area contributed by atoms with Crippen LogP contribution in [0.4, 0.5) is 0 Å². The van der Waals surface area contributed by atoms with Gasteiger partial charge in [0.2, 0.25) is 0 Å². The van der Waals surface area contributed by atoms with Gasteiger partial charge >= 0.3 is 39.5 Å².